The van der Waals surface area contributed by atoms with E-state index in [2.05, 4.69) is 11.4 Å². The zero-order valence-electron chi connectivity index (χ0n) is 12.7. The molecule has 1 amide bonds. The summed E-state index contributed by atoms with van der Waals surface area (Å²) in [5.41, 5.74) is 2.82. The third-order valence-corrected chi connectivity index (χ3v) is 3.77. The quantitative estimate of drug-likeness (QED) is 0.947. The molecular formula is C18H20N2O2. The lowest BCUT2D eigenvalue weighted by Gasteiger charge is -2.22. The fourth-order valence-corrected chi connectivity index (χ4v) is 2.69. The van der Waals surface area contributed by atoms with Crippen molar-refractivity contribution < 1.29 is 9.53 Å². The third kappa shape index (κ3) is 2.97. The molecule has 0 bridgehead atoms. The van der Waals surface area contributed by atoms with E-state index in [-0.39, 0.29) is 5.91 Å². The molecule has 3 rings (SSSR count). The lowest BCUT2D eigenvalue weighted by molar-refractivity contribution is 0.0987. The summed E-state index contributed by atoms with van der Waals surface area (Å²) in [6.45, 7) is 4.82. The van der Waals surface area contributed by atoms with Gasteiger partial charge in [0.15, 0.2) is 0 Å². The summed E-state index contributed by atoms with van der Waals surface area (Å²) in [6.07, 6.45) is 0. The number of amides is 1. The summed E-state index contributed by atoms with van der Waals surface area (Å²) in [7, 11) is 0. The number of carbonyl (C=O) groups excluding carboxylic acids is 1. The summed E-state index contributed by atoms with van der Waals surface area (Å²) in [5.74, 6) is 0.816. The van der Waals surface area contributed by atoms with Crippen LogP contribution in [0.4, 0.5) is 5.69 Å². The zero-order chi connectivity index (χ0) is 15.4. The van der Waals surface area contributed by atoms with Gasteiger partial charge in [-0.05, 0) is 42.8 Å². The Morgan fingerprint density at radius 1 is 1.18 bits per heavy atom. The molecule has 114 valence electrons. The number of anilines is 1. The first-order valence-corrected chi connectivity index (χ1v) is 7.63. The van der Waals surface area contributed by atoms with E-state index in [1.54, 1.807) is 0 Å². The lowest BCUT2D eigenvalue weighted by atomic mass is 10.1. The van der Waals surface area contributed by atoms with Crippen molar-refractivity contribution in [3.8, 4) is 5.75 Å². The van der Waals surface area contributed by atoms with E-state index in [4.69, 9.17) is 4.74 Å². The SMILES string of the molecule is CCOc1ccc(C(=O)N2CCNCc3ccccc32)cc1. The van der Waals surface area contributed by atoms with E-state index in [0.717, 1.165) is 30.1 Å². The van der Waals surface area contributed by atoms with E-state index >= 15 is 0 Å². The van der Waals surface area contributed by atoms with Gasteiger partial charge in [-0.2, -0.15) is 0 Å². The van der Waals surface area contributed by atoms with Crippen LogP contribution in [-0.2, 0) is 6.54 Å². The van der Waals surface area contributed by atoms with E-state index in [1.165, 1.54) is 0 Å². The maximum absolute atomic E-state index is 12.8. The number of fused-ring (bicyclic) bond motifs is 1. The number of para-hydroxylation sites is 1. The second kappa shape index (κ2) is 6.62. The number of carbonyl (C=O) groups is 1. The van der Waals surface area contributed by atoms with Crippen LogP contribution in [-0.4, -0.2) is 25.6 Å². The first-order valence-electron chi connectivity index (χ1n) is 7.63. The van der Waals surface area contributed by atoms with Crippen LogP contribution in [0.5, 0.6) is 5.75 Å². The van der Waals surface area contributed by atoms with Crippen molar-refractivity contribution >= 4 is 11.6 Å². The fourth-order valence-electron chi connectivity index (χ4n) is 2.69. The summed E-state index contributed by atoms with van der Waals surface area (Å²) < 4.78 is 5.43. The lowest BCUT2D eigenvalue weighted by Crippen LogP contribution is -2.34. The van der Waals surface area contributed by atoms with Gasteiger partial charge in [0.25, 0.3) is 5.91 Å². The van der Waals surface area contributed by atoms with Crippen LogP contribution in [0.2, 0.25) is 0 Å². The number of ether oxygens (including phenoxy) is 1. The molecule has 22 heavy (non-hydrogen) atoms. The first-order chi connectivity index (χ1) is 10.8. The van der Waals surface area contributed by atoms with Crippen molar-refractivity contribution in [1.29, 1.82) is 0 Å². The molecule has 0 saturated carbocycles. The molecule has 4 nitrogen and oxygen atoms in total. The van der Waals surface area contributed by atoms with Crippen LogP contribution in [0.1, 0.15) is 22.8 Å². The third-order valence-electron chi connectivity index (χ3n) is 3.77. The van der Waals surface area contributed by atoms with Gasteiger partial charge in [-0.25, -0.2) is 0 Å². The first kappa shape index (κ1) is 14.6. The van der Waals surface area contributed by atoms with Gasteiger partial charge in [-0.3, -0.25) is 4.79 Å². The van der Waals surface area contributed by atoms with E-state index in [1.807, 2.05) is 54.3 Å². The van der Waals surface area contributed by atoms with Gasteiger partial charge in [0, 0.05) is 30.9 Å². The minimum atomic E-state index is 0.0270. The van der Waals surface area contributed by atoms with Gasteiger partial charge in [-0.1, -0.05) is 18.2 Å². The molecule has 0 atom stereocenters. The van der Waals surface area contributed by atoms with Crippen molar-refractivity contribution in [1.82, 2.24) is 5.32 Å². The molecule has 0 radical (unpaired) electrons. The highest BCUT2D eigenvalue weighted by atomic mass is 16.5. The standard InChI is InChI=1S/C18H20N2O2/c1-2-22-16-9-7-14(8-10-16)18(21)20-12-11-19-13-15-5-3-4-6-17(15)20/h3-10,19H,2,11-13H2,1H3. The van der Waals surface area contributed by atoms with E-state index in [9.17, 15) is 4.79 Å². The van der Waals surface area contributed by atoms with Gasteiger partial charge < -0.3 is 15.0 Å². The molecule has 1 heterocycles. The molecule has 2 aromatic carbocycles. The van der Waals surface area contributed by atoms with E-state index in [0.29, 0.717) is 18.7 Å². The van der Waals surface area contributed by atoms with Crippen molar-refractivity contribution in [3.63, 3.8) is 0 Å². The second-order valence-electron chi connectivity index (χ2n) is 5.22. The van der Waals surface area contributed by atoms with Gasteiger partial charge in [0.05, 0.1) is 6.61 Å². The summed E-state index contributed by atoms with van der Waals surface area (Å²) in [4.78, 5) is 14.7. The van der Waals surface area contributed by atoms with Crippen molar-refractivity contribution in [3.05, 3.63) is 59.7 Å². The van der Waals surface area contributed by atoms with Gasteiger partial charge in [-0.15, -0.1) is 0 Å². The normalized spacial score (nSPS) is 14.1. The molecule has 1 N–H and O–H groups in total. The van der Waals surface area contributed by atoms with Gasteiger partial charge in [0.2, 0.25) is 0 Å². The molecule has 0 spiro atoms. The predicted octanol–water partition coefficient (Wildman–Crippen LogP) is 2.84. The average Bonchev–Trinajstić information content (AvgIpc) is 2.78. The predicted molar refractivity (Wildman–Crippen MR) is 87.4 cm³/mol. The molecule has 4 heteroatoms. The smallest absolute Gasteiger partial charge is 0.258 e. The maximum atomic E-state index is 12.8. The van der Waals surface area contributed by atoms with Crippen molar-refractivity contribution in [2.24, 2.45) is 0 Å². The molecule has 0 saturated heterocycles. The molecule has 1 aliphatic rings. The molecular weight excluding hydrogens is 276 g/mol. The monoisotopic (exact) mass is 296 g/mol. The minimum Gasteiger partial charge on any atom is -0.494 e. The Morgan fingerprint density at radius 3 is 2.73 bits per heavy atom. The maximum Gasteiger partial charge on any atom is 0.258 e. The van der Waals surface area contributed by atoms with Crippen LogP contribution in [0.15, 0.2) is 48.5 Å². The molecule has 0 fully saturated rings. The minimum absolute atomic E-state index is 0.0270. The number of rotatable bonds is 3. The number of nitrogens with zero attached hydrogens (tertiary/aromatic N) is 1. The Morgan fingerprint density at radius 2 is 1.95 bits per heavy atom. The molecule has 0 unspecified atom stereocenters. The van der Waals surface area contributed by atoms with E-state index < -0.39 is 0 Å². The molecule has 0 aliphatic carbocycles. The molecule has 0 aromatic heterocycles. The molecule has 1 aliphatic heterocycles. The second-order valence-corrected chi connectivity index (χ2v) is 5.22. The van der Waals surface area contributed by atoms with Crippen LogP contribution < -0.4 is 15.0 Å². The highest BCUT2D eigenvalue weighted by molar-refractivity contribution is 6.06. The Kier molecular flexibility index (Phi) is 4.39. The highest BCUT2D eigenvalue weighted by Crippen LogP contribution is 2.24. The number of nitrogens with one attached hydrogen (secondary N) is 1. The fraction of sp³-hybridized carbons (Fsp3) is 0.278. The largest absolute Gasteiger partial charge is 0.494 e. The topological polar surface area (TPSA) is 41.6 Å². The van der Waals surface area contributed by atoms with Crippen molar-refractivity contribution in [2.45, 2.75) is 13.5 Å². The Labute approximate surface area is 130 Å². The average molecular weight is 296 g/mol. The van der Waals surface area contributed by atoms with Gasteiger partial charge in [0.1, 0.15) is 5.75 Å². The van der Waals surface area contributed by atoms with Crippen LogP contribution in [0.3, 0.4) is 0 Å². The summed E-state index contributed by atoms with van der Waals surface area (Å²) in [6, 6.07) is 15.4. The van der Waals surface area contributed by atoms with Crippen molar-refractivity contribution in [2.75, 3.05) is 24.6 Å². The highest BCUT2D eigenvalue weighted by Gasteiger charge is 2.21. The van der Waals surface area contributed by atoms with Gasteiger partial charge >= 0.3 is 0 Å². The summed E-state index contributed by atoms with van der Waals surface area (Å²) >= 11 is 0. The van der Waals surface area contributed by atoms with Crippen LogP contribution >= 0.6 is 0 Å². The zero-order valence-corrected chi connectivity index (χ0v) is 12.7. The van der Waals surface area contributed by atoms with Crippen LogP contribution in [0, 0.1) is 0 Å². The summed E-state index contributed by atoms with van der Waals surface area (Å²) in [5, 5.41) is 3.35. The Balaban J connectivity index is 1.88. The molecule has 2 aromatic rings. The Bertz CT molecular complexity index is 652. The number of hydrogen-bond donors (Lipinski definition) is 1. The number of benzene rings is 2. The number of hydrogen-bond acceptors (Lipinski definition) is 3. The Hall–Kier alpha value is -2.33. The van der Waals surface area contributed by atoms with Crippen LogP contribution in [0.25, 0.3) is 0 Å².